The third-order valence-electron chi connectivity index (χ3n) is 5.88. The van der Waals surface area contributed by atoms with E-state index in [1.54, 1.807) is 31.4 Å². The molecule has 6 nitrogen and oxygen atoms in total. The lowest BCUT2D eigenvalue weighted by Gasteiger charge is -2.28. The Kier molecular flexibility index (Phi) is 6.52. The molecule has 0 spiro atoms. The number of ether oxygens (including phenoxy) is 1. The van der Waals surface area contributed by atoms with Gasteiger partial charge in [-0.2, -0.15) is 0 Å². The zero-order chi connectivity index (χ0) is 24.4. The first-order valence-electron chi connectivity index (χ1n) is 10.7. The average molecular weight is 475 g/mol. The Morgan fingerprint density at radius 2 is 1.74 bits per heavy atom. The Balaban J connectivity index is 1.69. The van der Waals surface area contributed by atoms with Crippen molar-refractivity contribution in [1.82, 2.24) is 5.32 Å². The van der Waals surface area contributed by atoms with Crippen LogP contribution in [0.1, 0.15) is 27.8 Å². The first-order chi connectivity index (χ1) is 16.3. The number of benzene rings is 3. The summed E-state index contributed by atoms with van der Waals surface area (Å²) in [6.45, 7) is 3.72. The van der Waals surface area contributed by atoms with Crippen molar-refractivity contribution in [2.75, 3.05) is 12.0 Å². The molecule has 7 heteroatoms. The van der Waals surface area contributed by atoms with E-state index in [0.29, 0.717) is 28.4 Å². The largest absolute Gasteiger partial charge is 0.496 e. The molecule has 0 aliphatic carbocycles. The molecule has 1 N–H and O–H groups in total. The molecule has 0 atom stereocenters. The number of barbiturate groups is 1. The quantitative estimate of drug-likeness (QED) is 0.406. The molecule has 0 aromatic heterocycles. The number of hydrogen-bond donors (Lipinski definition) is 1. The highest BCUT2D eigenvalue weighted by Gasteiger charge is 2.37. The lowest BCUT2D eigenvalue weighted by Crippen LogP contribution is -2.54. The molecule has 1 saturated heterocycles. The SMILES string of the molecule is COc1cc(/C=C2\C(=O)NC(=O)N(c3cccc(C)c3C)C2=O)ccc1Cc1ccccc1Cl. The standard InChI is InChI=1S/C27H23ClN2O4/c1-16-7-6-10-23(17(16)2)30-26(32)21(25(31)29-27(30)33)13-18-11-12-20(24(14-18)34-3)15-19-8-4-5-9-22(19)28/h4-14H,15H2,1-3H3,(H,29,31,33)/b21-13+. The van der Waals surface area contributed by atoms with Gasteiger partial charge in [-0.15, -0.1) is 0 Å². The number of carbonyl (C=O) groups excluding carboxylic acids is 3. The van der Waals surface area contributed by atoms with Crippen molar-refractivity contribution in [3.05, 3.63) is 99.1 Å². The molecule has 3 aromatic carbocycles. The minimum Gasteiger partial charge on any atom is -0.496 e. The highest BCUT2D eigenvalue weighted by atomic mass is 35.5. The maximum atomic E-state index is 13.2. The molecule has 4 amide bonds. The lowest BCUT2D eigenvalue weighted by atomic mass is 10.00. The number of nitrogens with zero attached hydrogens (tertiary/aromatic N) is 1. The van der Waals surface area contributed by atoms with E-state index in [2.05, 4.69) is 5.32 Å². The van der Waals surface area contributed by atoms with Crippen LogP contribution in [0, 0.1) is 13.8 Å². The van der Waals surface area contributed by atoms with E-state index in [9.17, 15) is 14.4 Å². The molecule has 1 aliphatic heterocycles. The molecule has 0 saturated carbocycles. The van der Waals surface area contributed by atoms with Gasteiger partial charge in [0, 0.05) is 11.4 Å². The second kappa shape index (κ2) is 9.53. The highest BCUT2D eigenvalue weighted by molar-refractivity contribution is 6.39. The molecule has 172 valence electrons. The van der Waals surface area contributed by atoms with E-state index >= 15 is 0 Å². The molecule has 1 heterocycles. The van der Waals surface area contributed by atoms with Crippen LogP contribution in [0.5, 0.6) is 5.75 Å². The molecule has 0 bridgehead atoms. The van der Waals surface area contributed by atoms with Gasteiger partial charge < -0.3 is 4.74 Å². The van der Waals surface area contributed by atoms with E-state index in [-0.39, 0.29) is 5.57 Å². The zero-order valence-electron chi connectivity index (χ0n) is 19.0. The summed E-state index contributed by atoms with van der Waals surface area (Å²) in [5.41, 5.74) is 4.47. The van der Waals surface area contributed by atoms with Crippen molar-refractivity contribution in [2.45, 2.75) is 20.3 Å². The van der Waals surface area contributed by atoms with Crippen molar-refractivity contribution >= 4 is 41.2 Å². The summed E-state index contributed by atoms with van der Waals surface area (Å²) in [6, 6.07) is 17.5. The number of hydrogen-bond acceptors (Lipinski definition) is 4. The van der Waals surface area contributed by atoms with Crippen molar-refractivity contribution in [2.24, 2.45) is 0 Å². The number of urea groups is 1. The summed E-state index contributed by atoms with van der Waals surface area (Å²) in [5, 5.41) is 2.93. The van der Waals surface area contributed by atoms with Gasteiger partial charge in [0.15, 0.2) is 0 Å². The molecular weight excluding hydrogens is 452 g/mol. The first kappa shape index (κ1) is 23.3. The van der Waals surface area contributed by atoms with E-state index in [1.165, 1.54) is 6.08 Å². The second-order valence-corrected chi connectivity index (χ2v) is 8.42. The van der Waals surface area contributed by atoms with Crippen LogP contribution in [0.15, 0.2) is 66.2 Å². The number of imide groups is 2. The van der Waals surface area contributed by atoms with Gasteiger partial charge in [0.05, 0.1) is 12.8 Å². The molecule has 3 aromatic rings. The van der Waals surface area contributed by atoms with Gasteiger partial charge >= 0.3 is 6.03 Å². The van der Waals surface area contributed by atoms with Gasteiger partial charge in [0.2, 0.25) is 0 Å². The highest BCUT2D eigenvalue weighted by Crippen LogP contribution is 2.29. The number of methoxy groups -OCH3 is 1. The molecule has 1 fully saturated rings. The number of aryl methyl sites for hydroxylation is 1. The second-order valence-electron chi connectivity index (χ2n) is 8.02. The van der Waals surface area contributed by atoms with Crippen molar-refractivity contribution < 1.29 is 19.1 Å². The summed E-state index contributed by atoms with van der Waals surface area (Å²) in [7, 11) is 1.56. The Labute approximate surface area is 202 Å². The van der Waals surface area contributed by atoms with E-state index in [0.717, 1.165) is 27.2 Å². The molecule has 4 rings (SSSR count). The van der Waals surface area contributed by atoms with E-state index in [4.69, 9.17) is 16.3 Å². The Bertz CT molecular complexity index is 1350. The fourth-order valence-corrected chi connectivity index (χ4v) is 4.07. The van der Waals surface area contributed by atoms with Crippen LogP contribution >= 0.6 is 11.6 Å². The zero-order valence-corrected chi connectivity index (χ0v) is 19.8. The number of carbonyl (C=O) groups is 3. The summed E-state index contributed by atoms with van der Waals surface area (Å²) < 4.78 is 5.55. The van der Waals surface area contributed by atoms with Crippen molar-refractivity contribution in [3.63, 3.8) is 0 Å². The Morgan fingerprint density at radius 3 is 2.47 bits per heavy atom. The van der Waals surface area contributed by atoms with Gasteiger partial charge in [0.25, 0.3) is 11.8 Å². The minimum absolute atomic E-state index is 0.138. The predicted molar refractivity (Wildman–Crippen MR) is 132 cm³/mol. The topological polar surface area (TPSA) is 75.7 Å². The summed E-state index contributed by atoms with van der Waals surface area (Å²) in [5.74, 6) is -0.822. The fourth-order valence-electron chi connectivity index (χ4n) is 3.86. The Morgan fingerprint density at radius 1 is 0.971 bits per heavy atom. The number of halogens is 1. The monoisotopic (exact) mass is 474 g/mol. The predicted octanol–water partition coefficient (Wildman–Crippen LogP) is 5.22. The summed E-state index contributed by atoms with van der Waals surface area (Å²) >= 11 is 6.29. The molecular formula is C27H23ClN2O4. The summed E-state index contributed by atoms with van der Waals surface area (Å²) in [6.07, 6.45) is 2.03. The minimum atomic E-state index is -0.770. The van der Waals surface area contributed by atoms with Crippen LogP contribution in [0.4, 0.5) is 10.5 Å². The van der Waals surface area contributed by atoms with Crippen LogP contribution in [0.25, 0.3) is 6.08 Å². The van der Waals surface area contributed by atoms with Gasteiger partial charge in [-0.05, 0) is 65.9 Å². The lowest BCUT2D eigenvalue weighted by molar-refractivity contribution is -0.122. The van der Waals surface area contributed by atoms with E-state index in [1.807, 2.05) is 50.2 Å². The third kappa shape index (κ3) is 4.45. The number of nitrogens with one attached hydrogen (secondary N) is 1. The van der Waals surface area contributed by atoms with Crippen LogP contribution in [-0.4, -0.2) is 25.0 Å². The van der Waals surface area contributed by atoms with Crippen molar-refractivity contribution in [3.8, 4) is 5.75 Å². The maximum Gasteiger partial charge on any atom is 0.335 e. The molecule has 34 heavy (non-hydrogen) atoms. The maximum absolute atomic E-state index is 13.2. The first-order valence-corrected chi connectivity index (χ1v) is 11.1. The van der Waals surface area contributed by atoms with Crippen LogP contribution in [0.3, 0.4) is 0 Å². The fraction of sp³-hybridized carbons (Fsp3) is 0.148. The average Bonchev–Trinajstić information content (AvgIpc) is 2.81. The number of amides is 4. The van der Waals surface area contributed by atoms with Crippen LogP contribution in [0.2, 0.25) is 5.02 Å². The number of rotatable bonds is 5. The van der Waals surface area contributed by atoms with E-state index < -0.39 is 17.8 Å². The van der Waals surface area contributed by atoms with Crippen molar-refractivity contribution in [1.29, 1.82) is 0 Å². The normalized spacial score (nSPS) is 15.0. The molecule has 1 aliphatic rings. The van der Waals surface area contributed by atoms with Crippen LogP contribution in [-0.2, 0) is 16.0 Å². The van der Waals surface area contributed by atoms with Gasteiger partial charge in [-0.25, -0.2) is 9.69 Å². The summed E-state index contributed by atoms with van der Waals surface area (Å²) in [4.78, 5) is 39.3. The van der Waals surface area contributed by atoms with Gasteiger partial charge in [-0.3, -0.25) is 14.9 Å². The smallest absolute Gasteiger partial charge is 0.335 e. The molecule has 0 unspecified atom stereocenters. The van der Waals surface area contributed by atoms with Gasteiger partial charge in [0.1, 0.15) is 11.3 Å². The Hall–Kier alpha value is -3.90. The molecule has 0 radical (unpaired) electrons. The third-order valence-corrected chi connectivity index (χ3v) is 6.25. The van der Waals surface area contributed by atoms with Gasteiger partial charge in [-0.1, -0.05) is 54.1 Å². The number of anilines is 1. The van der Waals surface area contributed by atoms with Crippen LogP contribution < -0.4 is 15.0 Å².